The minimum Gasteiger partial charge on any atom is -0.495 e. The first-order valence-electron chi connectivity index (χ1n) is 10.5. The molecular formula is C25H17F5N2O3S2. The highest BCUT2D eigenvalue weighted by Gasteiger charge is 2.58. The summed E-state index contributed by atoms with van der Waals surface area (Å²) >= 11 is 2.67. The van der Waals surface area contributed by atoms with E-state index in [1.165, 1.54) is 54.7 Å². The second-order valence-electron chi connectivity index (χ2n) is 7.64. The molecule has 4 aromatic rings. The molecule has 0 amide bonds. The fraction of sp³-hybridized carbons (Fsp3) is 0.120. The fourth-order valence-electron chi connectivity index (χ4n) is 3.29. The third-order valence-corrected chi connectivity index (χ3v) is 7.23. The number of alkyl halides is 5. The van der Waals surface area contributed by atoms with Crippen LogP contribution < -0.4 is 9.46 Å². The average molecular weight is 553 g/mol. The number of aromatic nitrogens is 1. The molecule has 4 rings (SSSR count). The van der Waals surface area contributed by atoms with Gasteiger partial charge in [-0.25, -0.2) is 9.78 Å². The van der Waals surface area contributed by atoms with Crippen LogP contribution in [0.3, 0.4) is 0 Å². The molecule has 1 heterocycles. The van der Waals surface area contributed by atoms with Gasteiger partial charge in [-0.2, -0.15) is 22.0 Å². The maximum Gasteiger partial charge on any atom is 0.458 e. The lowest BCUT2D eigenvalue weighted by molar-refractivity contribution is -0.289. The Morgan fingerprint density at radius 2 is 1.54 bits per heavy atom. The Kier molecular flexibility index (Phi) is 7.42. The molecule has 0 bridgehead atoms. The molecule has 0 spiro atoms. The maximum atomic E-state index is 13.5. The van der Waals surface area contributed by atoms with Crippen molar-refractivity contribution >= 4 is 34.9 Å². The van der Waals surface area contributed by atoms with Gasteiger partial charge in [0.15, 0.2) is 0 Å². The zero-order chi connectivity index (χ0) is 26.8. The summed E-state index contributed by atoms with van der Waals surface area (Å²) in [6.45, 7) is 0. The number of nitrogens with zero attached hydrogens (tertiary/aromatic N) is 1. The monoisotopic (exact) mass is 552 g/mol. The maximum absolute atomic E-state index is 13.5. The van der Waals surface area contributed by atoms with Crippen molar-refractivity contribution in [1.29, 1.82) is 0 Å². The molecule has 0 aliphatic rings. The van der Waals surface area contributed by atoms with Crippen molar-refractivity contribution in [2.24, 2.45) is 0 Å². The highest BCUT2D eigenvalue weighted by atomic mass is 32.2. The molecule has 12 heteroatoms. The molecule has 3 aromatic carbocycles. The Bertz CT molecular complexity index is 1410. The van der Waals surface area contributed by atoms with E-state index < -0.39 is 23.6 Å². The SMILES string of the molecule is COc1cc(C(=O)O)ccc1NSc1cnc(-c2ccc(-c3ccc(C(F)(F)C(F)(F)F)cc3)cc2)s1. The first-order valence-corrected chi connectivity index (χ1v) is 12.1. The van der Waals surface area contributed by atoms with Crippen LogP contribution in [0.4, 0.5) is 27.6 Å². The van der Waals surface area contributed by atoms with Crippen LogP contribution in [0.25, 0.3) is 21.7 Å². The largest absolute Gasteiger partial charge is 0.495 e. The van der Waals surface area contributed by atoms with Gasteiger partial charge in [0.1, 0.15) is 15.0 Å². The molecule has 0 aliphatic heterocycles. The van der Waals surface area contributed by atoms with E-state index in [1.54, 1.807) is 36.5 Å². The van der Waals surface area contributed by atoms with Gasteiger partial charge in [-0.15, -0.1) is 11.3 Å². The number of ether oxygens (including phenoxy) is 1. The topological polar surface area (TPSA) is 71.5 Å². The van der Waals surface area contributed by atoms with E-state index in [-0.39, 0.29) is 5.56 Å². The zero-order valence-electron chi connectivity index (χ0n) is 18.8. The van der Waals surface area contributed by atoms with Gasteiger partial charge >= 0.3 is 18.1 Å². The lowest BCUT2D eigenvalue weighted by atomic mass is 10.0. The van der Waals surface area contributed by atoms with E-state index in [2.05, 4.69) is 9.71 Å². The number of methoxy groups -OCH3 is 1. The smallest absolute Gasteiger partial charge is 0.458 e. The molecule has 0 saturated carbocycles. The van der Waals surface area contributed by atoms with E-state index in [0.29, 0.717) is 27.6 Å². The van der Waals surface area contributed by atoms with Crippen molar-refractivity contribution in [2.75, 3.05) is 11.8 Å². The molecule has 0 atom stereocenters. The van der Waals surface area contributed by atoms with Gasteiger partial charge in [0.05, 0.1) is 24.6 Å². The number of aromatic carboxylic acids is 1. The molecule has 0 unspecified atom stereocenters. The van der Waals surface area contributed by atoms with Gasteiger partial charge in [-0.1, -0.05) is 48.5 Å². The normalized spacial score (nSPS) is 11.8. The van der Waals surface area contributed by atoms with Crippen LogP contribution in [0.5, 0.6) is 5.75 Å². The Hall–Kier alpha value is -3.64. The lowest BCUT2D eigenvalue weighted by Crippen LogP contribution is -2.33. The van der Waals surface area contributed by atoms with Crippen molar-refractivity contribution in [3.8, 4) is 27.4 Å². The first kappa shape index (κ1) is 26.4. The number of thiazole rings is 1. The second-order valence-corrected chi connectivity index (χ2v) is 9.77. The van der Waals surface area contributed by atoms with Gasteiger partial charge in [0, 0.05) is 11.1 Å². The molecule has 192 valence electrons. The van der Waals surface area contributed by atoms with E-state index in [9.17, 15) is 26.7 Å². The second kappa shape index (κ2) is 10.4. The van der Waals surface area contributed by atoms with E-state index in [4.69, 9.17) is 9.84 Å². The van der Waals surface area contributed by atoms with Gasteiger partial charge in [0.25, 0.3) is 0 Å². The number of anilines is 1. The lowest BCUT2D eigenvalue weighted by Gasteiger charge is -2.20. The predicted octanol–water partition coefficient (Wildman–Crippen LogP) is 7.96. The molecule has 0 radical (unpaired) electrons. The first-order chi connectivity index (χ1) is 17.5. The van der Waals surface area contributed by atoms with Crippen LogP contribution in [-0.4, -0.2) is 29.3 Å². The van der Waals surface area contributed by atoms with Gasteiger partial charge in [-0.3, -0.25) is 0 Å². The fourth-order valence-corrected chi connectivity index (χ4v) is 4.96. The van der Waals surface area contributed by atoms with Gasteiger partial charge in [0.2, 0.25) is 0 Å². The van der Waals surface area contributed by atoms with Gasteiger partial charge < -0.3 is 14.6 Å². The molecule has 0 fully saturated rings. The minimum atomic E-state index is -5.66. The highest BCUT2D eigenvalue weighted by Crippen LogP contribution is 2.44. The average Bonchev–Trinajstić information content (AvgIpc) is 3.36. The van der Waals surface area contributed by atoms with Crippen LogP contribution in [0, 0.1) is 0 Å². The molecule has 2 N–H and O–H groups in total. The van der Waals surface area contributed by atoms with Crippen molar-refractivity contribution in [2.45, 2.75) is 16.3 Å². The Balaban J connectivity index is 1.44. The van der Waals surface area contributed by atoms with Crippen molar-refractivity contribution in [3.05, 3.63) is 84.1 Å². The van der Waals surface area contributed by atoms with E-state index in [1.807, 2.05) is 0 Å². The number of rotatable bonds is 8. The summed E-state index contributed by atoms with van der Waals surface area (Å²) in [6, 6.07) is 15.5. The van der Waals surface area contributed by atoms with Crippen molar-refractivity contribution in [3.63, 3.8) is 0 Å². The number of nitrogens with one attached hydrogen (secondary N) is 1. The number of hydrogen-bond acceptors (Lipinski definition) is 6. The number of halogens is 5. The molecule has 37 heavy (non-hydrogen) atoms. The summed E-state index contributed by atoms with van der Waals surface area (Å²) in [5.74, 6) is -5.60. The molecule has 0 aliphatic carbocycles. The summed E-state index contributed by atoms with van der Waals surface area (Å²) in [7, 11) is 1.44. The van der Waals surface area contributed by atoms with Crippen molar-refractivity contribution in [1.82, 2.24) is 4.98 Å². The summed E-state index contributed by atoms with van der Waals surface area (Å²) in [4.78, 5) is 15.5. The number of carboxylic acids is 1. The summed E-state index contributed by atoms with van der Waals surface area (Å²) < 4.78 is 73.9. The quantitative estimate of drug-likeness (QED) is 0.171. The summed E-state index contributed by atoms with van der Waals surface area (Å²) in [5, 5.41) is 9.82. The van der Waals surface area contributed by atoms with Gasteiger partial charge in [-0.05, 0) is 41.3 Å². The standard InChI is InChI=1S/C25H17F5N2O3S2/c1-35-20-12-17(23(33)34)8-11-19(20)32-37-21-13-31-22(36-21)16-4-2-14(3-5-16)15-6-9-18(10-7-15)24(26,27)25(28,29)30/h2-13,32H,1H3,(H,33,34). The Morgan fingerprint density at radius 1 is 0.946 bits per heavy atom. The van der Waals surface area contributed by atoms with E-state index >= 15 is 0 Å². The minimum absolute atomic E-state index is 0.103. The summed E-state index contributed by atoms with van der Waals surface area (Å²) in [5.41, 5.74) is 1.52. The molecule has 5 nitrogen and oxygen atoms in total. The molecule has 0 saturated heterocycles. The number of carbonyl (C=O) groups is 1. The van der Waals surface area contributed by atoms with Crippen LogP contribution >= 0.6 is 23.3 Å². The predicted molar refractivity (Wildman–Crippen MR) is 132 cm³/mol. The molecular weight excluding hydrogens is 535 g/mol. The number of carboxylic acid groups (broad SMARTS) is 1. The summed E-state index contributed by atoms with van der Waals surface area (Å²) in [6.07, 6.45) is -3.99. The van der Waals surface area contributed by atoms with Crippen LogP contribution in [0.2, 0.25) is 0 Å². The Labute approximate surface area is 216 Å². The number of hydrogen-bond donors (Lipinski definition) is 2. The van der Waals surface area contributed by atoms with Crippen LogP contribution in [-0.2, 0) is 5.92 Å². The Morgan fingerprint density at radius 3 is 2.11 bits per heavy atom. The third kappa shape index (κ3) is 5.70. The van der Waals surface area contributed by atoms with Crippen LogP contribution in [0.15, 0.2) is 77.1 Å². The molecule has 1 aromatic heterocycles. The van der Waals surface area contributed by atoms with Crippen LogP contribution in [0.1, 0.15) is 15.9 Å². The van der Waals surface area contributed by atoms with E-state index in [0.717, 1.165) is 21.9 Å². The number of benzene rings is 3. The highest BCUT2D eigenvalue weighted by molar-refractivity contribution is 8.02. The van der Waals surface area contributed by atoms with Crippen molar-refractivity contribution < 1.29 is 36.6 Å². The zero-order valence-corrected chi connectivity index (χ0v) is 20.5. The third-order valence-electron chi connectivity index (χ3n) is 5.26.